The minimum absolute atomic E-state index is 0.0214. The summed E-state index contributed by atoms with van der Waals surface area (Å²) in [5, 5.41) is 3.56. The van der Waals surface area contributed by atoms with Crippen molar-refractivity contribution in [2.45, 2.75) is 45.3 Å². The number of carbonyl (C=O) groups excluding carboxylic acids is 2. The van der Waals surface area contributed by atoms with E-state index in [4.69, 9.17) is 16.3 Å². The summed E-state index contributed by atoms with van der Waals surface area (Å²) < 4.78 is 5.50. The highest BCUT2D eigenvalue weighted by atomic mass is 35.5. The summed E-state index contributed by atoms with van der Waals surface area (Å²) in [6, 6.07) is 14.0. The highest BCUT2D eigenvalue weighted by molar-refractivity contribution is 6.30. The topological polar surface area (TPSA) is 79.3 Å². The number of piperidine rings is 1. The van der Waals surface area contributed by atoms with Crippen molar-refractivity contribution in [2.24, 2.45) is 10.6 Å². The molecule has 2 aliphatic heterocycles. The van der Waals surface area contributed by atoms with Crippen molar-refractivity contribution in [3.63, 3.8) is 0 Å². The molecule has 0 radical (unpaired) electrons. The van der Waals surface area contributed by atoms with Crippen LogP contribution in [-0.2, 0) is 9.53 Å². The first-order valence-electron chi connectivity index (χ1n) is 10.7. The Kier molecular flexibility index (Phi) is 5.71. The molecule has 168 valence electrons. The maximum Gasteiger partial charge on any atom is 0.410 e. The Morgan fingerprint density at radius 1 is 1.06 bits per heavy atom. The third kappa shape index (κ3) is 3.97. The van der Waals surface area contributed by atoms with Crippen LogP contribution in [0.3, 0.4) is 0 Å². The SMILES string of the molecule is CC(C)(C)OC(=O)N1CCC2(CC1)C(=O)N(c1ccc(N=O)cc1)C2c1ccc(Cl)cc1. The number of amides is 2. The van der Waals surface area contributed by atoms with Crippen LogP contribution in [0.5, 0.6) is 0 Å². The number of halogens is 1. The van der Waals surface area contributed by atoms with Gasteiger partial charge in [0.2, 0.25) is 5.91 Å². The van der Waals surface area contributed by atoms with Crippen molar-refractivity contribution in [3.8, 4) is 0 Å². The molecule has 2 aromatic carbocycles. The first-order valence-corrected chi connectivity index (χ1v) is 11.0. The number of likely N-dealkylation sites (tertiary alicyclic amines) is 1. The minimum Gasteiger partial charge on any atom is -0.444 e. The number of anilines is 1. The number of β-lactam (4-membered cyclic amide) rings is 1. The molecule has 2 aliphatic rings. The van der Waals surface area contributed by atoms with Gasteiger partial charge in [-0.3, -0.25) is 4.79 Å². The van der Waals surface area contributed by atoms with Gasteiger partial charge in [0.1, 0.15) is 11.3 Å². The summed E-state index contributed by atoms with van der Waals surface area (Å²) in [6.45, 7) is 6.42. The molecule has 7 nitrogen and oxygen atoms in total. The molecule has 2 heterocycles. The van der Waals surface area contributed by atoms with Gasteiger partial charge in [0.05, 0.1) is 11.5 Å². The van der Waals surface area contributed by atoms with Crippen LogP contribution in [0.4, 0.5) is 16.2 Å². The van der Waals surface area contributed by atoms with Gasteiger partial charge in [0, 0.05) is 23.8 Å². The summed E-state index contributed by atoms with van der Waals surface area (Å²) in [6.07, 6.45) is 0.738. The van der Waals surface area contributed by atoms with E-state index in [1.54, 1.807) is 34.1 Å². The van der Waals surface area contributed by atoms with Crippen molar-refractivity contribution >= 4 is 35.0 Å². The molecule has 2 amide bonds. The standard InChI is InChI=1S/C24H26ClN3O4/c1-23(2,3)32-22(30)27-14-12-24(13-15-27)20(16-4-6-17(25)7-5-16)28(21(24)29)19-10-8-18(26-31)9-11-19/h4-11,20H,12-15H2,1-3H3. The number of nitrogens with zero attached hydrogens (tertiary/aromatic N) is 3. The summed E-state index contributed by atoms with van der Waals surface area (Å²) >= 11 is 6.10. The lowest BCUT2D eigenvalue weighted by atomic mass is 9.62. The average molecular weight is 456 g/mol. The number of hydrogen-bond acceptors (Lipinski definition) is 5. The lowest BCUT2D eigenvalue weighted by Gasteiger charge is -2.58. The monoisotopic (exact) mass is 455 g/mol. The van der Waals surface area contributed by atoms with Gasteiger partial charge in [0.15, 0.2) is 0 Å². The van der Waals surface area contributed by atoms with E-state index in [0.717, 1.165) is 5.56 Å². The van der Waals surface area contributed by atoms with Crippen LogP contribution < -0.4 is 4.90 Å². The second-order valence-corrected chi connectivity index (χ2v) is 9.80. The van der Waals surface area contributed by atoms with Gasteiger partial charge in [-0.25, -0.2) is 4.79 Å². The predicted octanol–water partition coefficient (Wildman–Crippen LogP) is 5.84. The van der Waals surface area contributed by atoms with Crippen LogP contribution in [0.15, 0.2) is 53.7 Å². The molecule has 4 rings (SSSR count). The number of hydrogen-bond donors (Lipinski definition) is 0. The van der Waals surface area contributed by atoms with Crippen molar-refractivity contribution < 1.29 is 14.3 Å². The molecule has 0 N–H and O–H groups in total. The predicted molar refractivity (Wildman–Crippen MR) is 123 cm³/mol. The number of rotatable bonds is 3. The summed E-state index contributed by atoms with van der Waals surface area (Å²) in [5.41, 5.74) is 0.836. The molecule has 0 aromatic heterocycles. The number of nitroso groups, excluding NO2 is 1. The third-order valence-corrected chi connectivity index (χ3v) is 6.40. The van der Waals surface area contributed by atoms with Crippen LogP contribution in [-0.4, -0.2) is 35.6 Å². The van der Waals surface area contributed by atoms with E-state index in [1.807, 2.05) is 45.0 Å². The minimum atomic E-state index is -0.603. The van der Waals surface area contributed by atoms with Crippen molar-refractivity contribution in [1.29, 1.82) is 0 Å². The second kappa shape index (κ2) is 8.20. The summed E-state index contributed by atoms with van der Waals surface area (Å²) in [5.74, 6) is 0.0214. The zero-order valence-electron chi connectivity index (χ0n) is 18.4. The molecular formula is C24H26ClN3O4. The first-order chi connectivity index (χ1) is 15.1. The molecular weight excluding hydrogens is 430 g/mol. The number of benzene rings is 2. The molecule has 0 saturated carbocycles. The van der Waals surface area contributed by atoms with E-state index in [-0.39, 0.29) is 18.0 Å². The van der Waals surface area contributed by atoms with Gasteiger partial charge >= 0.3 is 6.09 Å². The van der Waals surface area contributed by atoms with Gasteiger partial charge in [-0.2, -0.15) is 0 Å². The van der Waals surface area contributed by atoms with Crippen LogP contribution in [0.1, 0.15) is 45.2 Å². The number of carbonyl (C=O) groups is 2. The highest BCUT2D eigenvalue weighted by Crippen LogP contribution is 2.57. The molecule has 2 aromatic rings. The Hall–Kier alpha value is -2.93. The Labute approximate surface area is 192 Å². The third-order valence-electron chi connectivity index (χ3n) is 6.15. The van der Waals surface area contributed by atoms with Gasteiger partial charge in [-0.15, -0.1) is 4.91 Å². The molecule has 0 bridgehead atoms. The van der Waals surface area contributed by atoms with Crippen molar-refractivity contribution in [1.82, 2.24) is 4.90 Å². The lowest BCUT2D eigenvalue weighted by Crippen LogP contribution is -2.67. The maximum atomic E-state index is 13.5. The Balaban J connectivity index is 1.61. The zero-order chi connectivity index (χ0) is 23.1. The Morgan fingerprint density at radius 2 is 1.66 bits per heavy atom. The van der Waals surface area contributed by atoms with Gasteiger partial charge in [0.25, 0.3) is 0 Å². The zero-order valence-corrected chi connectivity index (χ0v) is 19.1. The fraction of sp³-hybridized carbons (Fsp3) is 0.417. The quantitative estimate of drug-likeness (QED) is 0.430. The molecule has 2 fully saturated rings. The molecule has 1 atom stereocenters. The van der Waals surface area contributed by atoms with Crippen LogP contribution in [0.25, 0.3) is 0 Å². The van der Waals surface area contributed by atoms with Gasteiger partial charge < -0.3 is 14.5 Å². The lowest BCUT2D eigenvalue weighted by molar-refractivity contribution is -0.144. The normalized spacial score (nSPS) is 20.1. The van der Waals surface area contributed by atoms with E-state index in [2.05, 4.69) is 5.18 Å². The fourth-order valence-corrected chi connectivity index (χ4v) is 4.74. The van der Waals surface area contributed by atoms with E-state index >= 15 is 0 Å². The molecule has 1 unspecified atom stereocenters. The largest absolute Gasteiger partial charge is 0.444 e. The Morgan fingerprint density at radius 3 is 2.19 bits per heavy atom. The number of ether oxygens (including phenoxy) is 1. The van der Waals surface area contributed by atoms with Crippen LogP contribution in [0.2, 0.25) is 5.02 Å². The molecule has 2 saturated heterocycles. The van der Waals surface area contributed by atoms with Crippen LogP contribution in [0, 0.1) is 10.3 Å². The summed E-state index contributed by atoms with van der Waals surface area (Å²) in [7, 11) is 0. The smallest absolute Gasteiger partial charge is 0.410 e. The molecule has 0 aliphatic carbocycles. The van der Waals surface area contributed by atoms with E-state index in [1.165, 1.54) is 0 Å². The van der Waals surface area contributed by atoms with Crippen molar-refractivity contribution in [2.75, 3.05) is 18.0 Å². The Bertz CT molecular complexity index is 1020. The van der Waals surface area contributed by atoms with Gasteiger partial charge in [-0.1, -0.05) is 23.7 Å². The maximum absolute atomic E-state index is 13.5. The van der Waals surface area contributed by atoms with Crippen molar-refractivity contribution in [3.05, 3.63) is 64.0 Å². The molecule has 1 spiro atoms. The van der Waals surface area contributed by atoms with E-state index in [0.29, 0.717) is 42.3 Å². The van der Waals surface area contributed by atoms with Crippen LogP contribution >= 0.6 is 11.6 Å². The van der Waals surface area contributed by atoms with E-state index in [9.17, 15) is 14.5 Å². The second-order valence-electron chi connectivity index (χ2n) is 9.36. The van der Waals surface area contributed by atoms with E-state index < -0.39 is 11.0 Å². The molecule has 8 heteroatoms. The highest BCUT2D eigenvalue weighted by Gasteiger charge is 2.62. The van der Waals surface area contributed by atoms with Gasteiger partial charge in [-0.05, 0) is 80.8 Å². The molecule has 32 heavy (non-hydrogen) atoms. The first kappa shape index (κ1) is 22.3. The average Bonchev–Trinajstić information content (AvgIpc) is 2.77. The summed E-state index contributed by atoms with van der Waals surface area (Å²) in [4.78, 5) is 40.3. The fourth-order valence-electron chi connectivity index (χ4n) is 4.61.